The number of sulfonamides is 1. The van der Waals surface area contributed by atoms with Crippen molar-refractivity contribution >= 4 is 16.0 Å². The summed E-state index contributed by atoms with van der Waals surface area (Å²) in [5, 5.41) is 8.81. The van der Waals surface area contributed by atoms with E-state index in [0.29, 0.717) is 6.42 Å². The molecule has 0 aliphatic carbocycles. The van der Waals surface area contributed by atoms with E-state index < -0.39 is 22.5 Å². The Labute approximate surface area is 112 Å². The Kier molecular flexibility index (Phi) is 5.31. The van der Waals surface area contributed by atoms with Crippen LogP contribution in [-0.4, -0.2) is 44.0 Å². The minimum Gasteiger partial charge on any atom is -0.495 e. The zero-order valence-electron chi connectivity index (χ0n) is 10.9. The van der Waals surface area contributed by atoms with Gasteiger partial charge in [0.15, 0.2) is 0 Å². The van der Waals surface area contributed by atoms with Crippen molar-refractivity contribution in [2.75, 3.05) is 20.2 Å². The minimum absolute atomic E-state index is 0.0211. The van der Waals surface area contributed by atoms with E-state index in [-0.39, 0.29) is 17.2 Å². The van der Waals surface area contributed by atoms with Crippen LogP contribution in [0.15, 0.2) is 29.2 Å². The summed E-state index contributed by atoms with van der Waals surface area (Å²) in [5.74, 6) is -0.985. The molecule has 6 nitrogen and oxygen atoms in total. The molecule has 0 radical (unpaired) electrons. The third-order valence-electron chi connectivity index (χ3n) is 2.47. The first-order valence-corrected chi connectivity index (χ1v) is 7.22. The van der Waals surface area contributed by atoms with Crippen LogP contribution in [0, 0.1) is 0 Å². The van der Waals surface area contributed by atoms with Crippen molar-refractivity contribution in [3.05, 3.63) is 24.3 Å². The molecule has 0 aromatic heterocycles. The number of benzene rings is 1. The van der Waals surface area contributed by atoms with E-state index in [9.17, 15) is 13.2 Å². The predicted octanol–water partition coefficient (Wildman–Crippen LogP) is 1.18. The zero-order valence-corrected chi connectivity index (χ0v) is 11.7. The summed E-state index contributed by atoms with van der Waals surface area (Å²) in [5.41, 5.74) is 0. The summed E-state index contributed by atoms with van der Waals surface area (Å²) in [6, 6.07) is 6.15. The third-order valence-corrected chi connectivity index (χ3v) is 4.36. The predicted molar refractivity (Wildman–Crippen MR) is 69.7 cm³/mol. The number of rotatable bonds is 7. The number of hydrogen-bond acceptors (Lipinski definition) is 4. The molecule has 19 heavy (non-hydrogen) atoms. The molecule has 106 valence electrons. The second kappa shape index (κ2) is 6.53. The quantitative estimate of drug-likeness (QED) is 0.814. The first kappa shape index (κ1) is 15.5. The van der Waals surface area contributed by atoms with Crippen molar-refractivity contribution in [2.45, 2.75) is 18.2 Å². The fraction of sp³-hybridized carbons (Fsp3) is 0.417. The lowest BCUT2D eigenvalue weighted by molar-refractivity contribution is -0.137. The molecular formula is C12H17NO5S. The van der Waals surface area contributed by atoms with Gasteiger partial charge in [0.2, 0.25) is 10.0 Å². The van der Waals surface area contributed by atoms with Crippen LogP contribution in [0.5, 0.6) is 5.75 Å². The topological polar surface area (TPSA) is 83.9 Å². The van der Waals surface area contributed by atoms with Gasteiger partial charge in [0.25, 0.3) is 0 Å². The van der Waals surface area contributed by atoms with Gasteiger partial charge in [-0.05, 0) is 18.6 Å². The summed E-state index contributed by atoms with van der Waals surface area (Å²) in [6.45, 7) is 1.37. The highest BCUT2D eigenvalue weighted by Crippen LogP contribution is 2.26. The van der Waals surface area contributed by atoms with Gasteiger partial charge in [-0.3, -0.25) is 4.79 Å². The second-order valence-corrected chi connectivity index (χ2v) is 5.79. The van der Waals surface area contributed by atoms with Crippen LogP contribution in [0.3, 0.4) is 0 Å². The van der Waals surface area contributed by atoms with Crippen molar-refractivity contribution in [3.8, 4) is 5.75 Å². The summed E-state index contributed by atoms with van der Waals surface area (Å²) in [4.78, 5) is 10.8. The van der Waals surface area contributed by atoms with E-state index in [0.717, 1.165) is 4.31 Å². The van der Waals surface area contributed by atoms with E-state index in [2.05, 4.69) is 0 Å². The second-order valence-electron chi connectivity index (χ2n) is 3.88. The Morgan fingerprint density at radius 1 is 1.37 bits per heavy atom. The SMILES string of the molecule is CCCN(CC(=O)O)S(=O)(=O)c1ccccc1OC. The van der Waals surface area contributed by atoms with E-state index in [4.69, 9.17) is 9.84 Å². The molecule has 0 saturated carbocycles. The molecule has 0 aliphatic rings. The molecule has 0 heterocycles. The van der Waals surface area contributed by atoms with Gasteiger partial charge in [-0.25, -0.2) is 8.42 Å². The summed E-state index contributed by atoms with van der Waals surface area (Å²) in [7, 11) is -2.50. The first-order chi connectivity index (χ1) is 8.93. The van der Waals surface area contributed by atoms with E-state index in [1.807, 2.05) is 0 Å². The van der Waals surface area contributed by atoms with E-state index >= 15 is 0 Å². The molecular weight excluding hydrogens is 270 g/mol. The Morgan fingerprint density at radius 2 is 2.00 bits per heavy atom. The van der Waals surface area contributed by atoms with Crippen LogP contribution in [-0.2, 0) is 14.8 Å². The van der Waals surface area contributed by atoms with Crippen LogP contribution >= 0.6 is 0 Å². The van der Waals surface area contributed by atoms with Gasteiger partial charge in [0.1, 0.15) is 17.2 Å². The lowest BCUT2D eigenvalue weighted by Crippen LogP contribution is -2.36. The van der Waals surface area contributed by atoms with Crippen molar-refractivity contribution in [3.63, 3.8) is 0 Å². The lowest BCUT2D eigenvalue weighted by Gasteiger charge is -2.20. The van der Waals surface area contributed by atoms with Crippen LogP contribution in [0.25, 0.3) is 0 Å². The number of carboxylic acids is 1. The Balaban J connectivity index is 3.22. The van der Waals surface area contributed by atoms with Crippen molar-refractivity contribution < 1.29 is 23.1 Å². The monoisotopic (exact) mass is 287 g/mol. The highest BCUT2D eigenvalue weighted by Gasteiger charge is 2.28. The number of nitrogens with zero attached hydrogens (tertiary/aromatic N) is 1. The van der Waals surface area contributed by atoms with Crippen molar-refractivity contribution in [1.82, 2.24) is 4.31 Å². The average molecular weight is 287 g/mol. The molecule has 0 amide bonds. The first-order valence-electron chi connectivity index (χ1n) is 5.78. The standard InChI is InChI=1S/C12H17NO5S/c1-3-8-13(9-12(14)15)19(16,17)11-7-5-4-6-10(11)18-2/h4-7H,3,8-9H2,1-2H3,(H,14,15). The number of aliphatic carboxylic acids is 1. The fourth-order valence-electron chi connectivity index (χ4n) is 1.66. The molecule has 1 aromatic rings. The zero-order chi connectivity index (χ0) is 14.5. The van der Waals surface area contributed by atoms with Gasteiger partial charge in [-0.1, -0.05) is 19.1 Å². The number of carboxylic acid groups (broad SMARTS) is 1. The normalized spacial score (nSPS) is 11.5. The van der Waals surface area contributed by atoms with Gasteiger partial charge in [-0.2, -0.15) is 4.31 Å². The largest absolute Gasteiger partial charge is 0.495 e. The number of hydrogen-bond donors (Lipinski definition) is 1. The molecule has 7 heteroatoms. The fourth-order valence-corrected chi connectivity index (χ4v) is 3.29. The third kappa shape index (κ3) is 3.68. The maximum absolute atomic E-state index is 12.4. The van der Waals surface area contributed by atoms with E-state index in [1.165, 1.54) is 19.2 Å². The smallest absolute Gasteiger partial charge is 0.318 e. The molecule has 1 aromatic carbocycles. The van der Waals surface area contributed by atoms with Gasteiger partial charge in [0.05, 0.1) is 7.11 Å². The molecule has 0 spiro atoms. The molecule has 0 bridgehead atoms. The molecule has 1 N–H and O–H groups in total. The minimum atomic E-state index is -3.87. The maximum Gasteiger partial charge on any atom is 0.318 e. The molecule has 0 unspecified atom stereocenters. The van der Waals surface area contributed by atoms with Crippen LogP contribution in [0.1, 0.15) is 13.3 Å². The molecule has 0 saturated heterocycles. The van der Waals surface area contributed by atoms with Crippen LogP contribution in [0.4, 0.5) is 0 Å². The van der Waals surface area contributed by atoms with Crippen LogP contribution < -0.4 is 4.74 Å². The number of ether oxygens (including phenoxy) is 1. The summed E-state index contributed by atoms with van der Waals surface area (Å²) < 4.78 is 30.8. The lowest BCUT2D eigenvalue weighted by atomic mass is 10.3. The highest BCUT2D eigenvalue weighted by molar-refractivity contribution is 7.89. The van der Waals surface area contributed by atoms with Gasteiger partial charge in [0, 0.05) is 6.54 Å². The Morgan fingerprint density at radius 3 is 2.53 bits per heavy atom. The Bertz CT molecular complexity index is 541. The highest BCUT2D eigenvalue weighted by atomic mass is 32.2. The molecule has 0 aliphatic heterocycles. The average Bonchev–Trinajstić information content (AvgIpc) is 2.37. The maximum atomic E-state index is 12.4. The number of para-hydroxylation sites is 1. The van der Waals surface area contributed by atoms with Gasteiger partial charge in [-0.15, -0.1) is 0 Å². The molecule has 0 atom stereocenters. The van der Waals surface area contributed by atoms with Crippen molar-refractivity contribution in [1.29, 1.82) is 0 Å². The van der Waals surface area contributed by atoms with Crippen molar-refractivity contribution in [2.24, 2.45) is 0 Å². The summed E-state index contributed by atoms with van der Waals surface area (Å²) in [6.07, 6.45) is 0.529. The van der Waals surface area contributed by atoms with Gasteiger partial charge < -0.3 is 9.84 Å². The van der Waals surface area contributed by atoms with E-state index in [1.54, 1.807) is 19.1 Å². The van der Waals surface area contributed by atoms with Crippen LogP contribution in [0.2, 0.25) is 0 Å². The Hall–Kier alpha value is -1.60. The number of methoxy groups -OCH3 is 1. The van der Waals surface area contributed by atoms with Gasteiger partial charge >= 0.3 is 5.97 Å². The number of carbonyl (C=O) groups is 1. The molecule has 0 fully saturated rings. The molecule has 1 rings (SSSR count). The summed E-state index contributed by atoms with van der Waals surface area (Å²) >= 11 is 0.